The number of hydrogen-bond acceptors (Lipinski definition) is 3. The average Bonchev–Trinajstić information content (AvgIpc) is 2.77. The first-order valence-electron chi connectivity index (χ1n) is 7.52. The summed E-state index contributed by atoms with van der Waals surface area (Å²) in [5.41, 5.74) is 1.09. The van der Waals surface area contributed by atoms with E-state index in [2.05, 4.69) is 24.3 Å². The number of carbonyl (C=O) groups excluding carboxylic acids is 2. The number of nitrogens with one attached hydrogen (secondary N) is 1. The second-order valence-electron chi connectivity index (χ2n) is 6.02. The highest BCUT2D eigenvalue weighted by Gasteiger charge is 2.29. The van der Waals surface area contributed by atoms with E-state index >= 15 is 0 Å². The minimum Gasteiger partial charge on any atom is -0.344 e. The summed E-state index contributed by atoms with van der Waals surface area (Å²) in [5.74, 6) is 0.380. The molecule has 1 aromatic heterocycles. The fraction of sp³-hybridized carbons (Fsp3) is 0.667. The molecule has 116 valence electrons. The molecule has 1 fully saturated rings. The summed E-state index contributed by atoms with van der Waals surface area (Å²) < 4.78 is 1.82. The lowest BCUT2D eigenvalue weighted by Crippen LogP contribution is -2.45. The number of amides is 2. The third kappa shape index (κ3) is 4.06. The Kier molecular flexibility index (Phi) is 4.98. The van der Waals surface area contributed by atoms with Crippen molar-refractivity contribution >= 4 is 11.8 Å². The fourth-order valence-corrected chi connectivity index (χ4v) is 2.64. The molecule has 1 saturated heterocycles. The van der Waals surface area contributed by atoms with Gasteiger partial charge in [0.15, 0.2) is 0 Å². The van der Waals surface area contributed by atoms with Gasteiger partial charge in [-0.15, -0.1) is 0 Å². The molecule has 1 atom stereocenters. The zero-order valence-corrected chi connectivity index (χ0v) is 13.0. The zero-order valence-electron chi connectivity index (χ0n) is 13.0. The second-order valence-corrected chi connectivity index (χ2v) is 6.02. The molecule has 1 aliphatic heterocycles. The zero-order chi connectivity index (χ0) is 15.4. The molecule has 1 aliphatic rings. The molecule has 21 heavy (non-hydrogen) atoms. The van der Waals surface area contributed by atoms with Gasteiger partial charge in [0, 0.05) is 44.9 Å². The monoisotopic (exact) mass is 292 g/mol. The normalized spacial score (nSPS) is 19.8. The standard InChI is InChI=1S/C15H24N4O2/c1-11(2)10-13-15(21)19(9-6-14(20)17-13)8-5-12-4-7-16-18(12)3/h4,7,11,13H,5-6,8-10H2,1-3H3,(H,17,20). The number of carbonyl (C=O) groups is 2. The Balaban J connectivity index is 2.01. The van der Waals surface area contributed by atoms with E-state index in [9.17, 15) is 9.59 Å². The number of hydrogen-bond donors (Lipinski definition) is 1. The van der Waals surface area contributed by atoms with Crippen molar-refractivity contribution in [3.63, 3.8) is 0 Å². The van der Waals surface area contributed by atoms with Crippen LogP contribution >= 0.6 is 0 Å². The van der Waals surface area contributed by atoms with E-state index in [1.807, 2.05) is 17.8 Å². The van der Waals surface area contributed by atoms with Crippen LogP contribution in [0.15, 0.2) is 12.3 Å². The van der Waals surface area contributed by atoms with Gasteiger partial charge < -0.3 is 10.2 Å². The first-order valence-corrected chi connectivity index (χ1v) is 7.52. The van der Waals surface area contributed by atoms with Gasteiger partial charge in [-0.2, -0.15) is 5.10 Å². The highest BCUT2D eigenvalue weighted by atomic mass is 16.2. The van der Waals surface area contributed by atoms with Crippen LogP contribution in [0.1, 0.15) is 32.4 Å². The molecule has 6 heteroatoms. The SMILES string of the molecule is CC(C)CC1NC(=O)CCN(CCc2ccnn2C)C1=O. The molecule has 2 rings (SSSR count). The molecule has 2 amide bonds. The topological polar surface area (TPSA) is 67.2 Å². The maximum absolute atomic E-state index is 12.6. The minimum absolute atomic E-state index is 0.0305. The van der Waals surface area contributed by atoms with E-state index in [1.165, 1.54) is 0 Å². The van der Waals surface area contributed by atoms with Crippen molar-refractivity contribution in [1.82, 2.24) is 20.0 Å². The van der Waals surface area contributed by atoms with Gasteiger partial charge in [-0.25, -0.2) is 0 Å². The summed E-state index contributed by atoms with van der Waals surface area (Å²) in [6, 6.07) is 1.57. The molecule has 0 spiro atoms. The molecule has 0 radical (unpaired) electrons. The molecule has 0 aromatic carbocycles. The summed E-state index contributed by atoms with van der Waals surface area (Å²) in [4.78, 5) is 26.1. The predicted octanol–water partition coefficient (Wildman–Crippen LogP) is 0.726. The first-order chi connectivity index (χ1) is 9.97. The highest BCUT2D eigenvalue weighted by Crippen LogP contribution is 2.12. The summed E-state index contributed by atoms with van der Waals surface area (Å²) in [6.07, 6.45) is 3.58. The van der Waals surface area contributed by atoms with Crippen LogP contribution in [0.2, 0.25) is 0 Å². The molecule has 0 aliphatic carbocycles. The van der Waals surface area contributed by atoms with E-state index in [-0.39, 0.29) is 17.9 Å². The van der Waals surface area contributed by atoms with Gasteiger partial charge in [0.25, 0.3) is 0 Å². The molecular weight excluding hydrogens is 268 g/mol. The second kappa shape index (κ2) is 6.74. The Morgan fingerprint density at radius 1 is 1.43 bits per heavy atom. The smallest absolute Gasteiger partial charge is 0.245 e. The average molecular weight is 292 g/mol. The van der Waals surface area contributed by atoms with Crippen molar-refractivity contribution < 1.29 is 9.59 Å². The Morgan fingerprint density at radius 3 is 2.81 bits per heavy atom. The third-order valence-electron chi connectivity index (χ3n) is 3.82. The van der Waals surface area contributed by atoms with Gasteiger partial charge >= 0.3 is 0 Å². The summed E-state index contributed by atoms with van der Waals surface area (Å²) in [7, 11) is 1.90. The quantitative estimate of drug-likeness (QED) is 0.870. The molecule has 2 heterocycles. The van der Waals surface area contributed by atoms with Crippen molar-refractivity contribution in [2.75, 3.05) is 13.1 Å². The third-order valence-corrected chi connectivity index (χ3v) is 3.82. The minimum atomic E-state index is -0.383. The lowest BCUT2D eigenvalue weighted by Gasteiger charge is -2.25. The van der Waals surface area contributed by atoms with E-state index in [4.69, 9.17) is 0 Å². The van der Waals surface area contributed by atoms with E-state index in [0.717, 1.165) is 12.1 Å². The van der Waals surface area contributed by atoms with Gasteiger partial charge in [-0.05, 0) is 18.4 Å². The molecule has 6 nitrogen and oxygen atoms in total. The molecule has 1 unspecified atom stereocenters. The summed E-state index contributed by atoms with van der Waals surface area (Å²) in [6.45, 7) is 5.24. The first kappa shape index (κ1) is 15.5. The molecule has 0 bridgehead atoms. The maximum atomic E-state index is 12.6. The van der Waals surface area contributed by atoms with Crippen LogP contribution in [0.3, 0.4) is 0 Å². The van der Waals surface area contributed by atoms with Crippen molar-refractivity contribution in [2.45, 2.75) is 39.2 Å². The molecular formula is C15H24N4O2. The van der Waals surface area contributed by atoms with Crippen LogP contribution in [0.4, 0.5) is 0 Å². The number of aromatic nitrogens is 2. The van der Waals surface area contributed by atoms with Crippen molar-refractivity contribution in [3.8, 4) is 0 Å². The molecule has 0 saturated carbocycles. The fourth-order valence-electron chi connectivity index (χ4n) is 2.64. The maximum Gasteiger partial charge on any atom is 0.245 e. The van der Waals surface area contributed by atoms with Crippen LogP contribution in [-0.2, 0) is 23.1 Å². The Hall–Kier alpha value is -1.85. The van der Waals surface area contributed by atoms with Crippen molar-refractivity contribution in [3.05, 3.63) is 18.0 Å². The van der Waals surface area contributed by atoms with Gasteiger partial charge in [0.1, 0.15) is 6.04 Å². The molecule has 1 aromatic rings. The predicted molar refractivity (Wildman–Crippen MR) is 79.5 cm³/mol. The van der Waals surface area contributed by atoms with E-state index in [0.29, 0.717) is 31.8 Å². The van der Waals surface area contributed by atoms with Crippen molar-refractivity contribution in [2.24, 2.45) is 13.0 Å². The largest absolute Gasteiger partial charge is 0.344 e. The lowest BCUT2D eigenvalue weighted by atomic mass is 10.0. The van der Waals surface area contributed by atoms with E-state index < -0.39 is 0 Å². The summed E-state index contributed by atoms with van der Waals surface area (Å²) >= 11 is 0. The van der Waals surface area contributed by atoms with Crippen LogP contribution in [-0.4, -0.2) is 45.6 Å². The number of aryl methyl sites for hydroxylation is 1. The van der Waals surface area contributed by atoms with Gasteiger partial charge in [-0.3, -0.25) is 14.3 Å². The number of rotatable bonds is 5. The van der Waals surface area contributed by atoms with Crippen LogP contribution in [0.5, 0.6) is 0 Å². The van der Waals surface area contributed by atoms with Gasteiger partial charge in [0.05, 0.1) is 0 Å². The Morgan fingerprint density at radius 2 is 2.19 bits per heavy atom. The summed E-state index contributed by atoms with van der Waals surface area (Å²) in [5, 5.41) is 6.98. The van der Waals surface area contributed by atoms with Crippen LogP contribution in [0, 0.1) is 5.92 Å². The Bertz CT molecular complexity index is 510. The molecule has 1 N–H and O–H groups in total. The van der Waals surface area contributed by atoms with E-state index in [1.54, 1.807) is 11.1 Å². The Labute approximate surface area is 125 Å². The van der Waals surface area contributed by atoms with Gasteiger partial charge in [-0.1, -0.05) is 13.8 Å². The lowest BCUT2D eigenvalue weighted by molar-refractivity contribution is -0.134. The van der Waals surface area contributed by atoms with Gasteiger partial charge in [0.2, 0.25) is 11.8 Å². The van der Waals surface area contributed by atoms with Crippen molar-refractivity contribution in [1.29, 1.82) is 0 Å². The highest BCUT2D eigenvalue weighted by molar-refractivity contribution is 5.89. The number of nitrogens with zero attached hydrogens (tertiary/aromatic N) is 3. The van der Waals surface area contributed by atoms with Crippen LogP contribution in [0.25, 0.3) is 0 Å². The van der Waals surface area contributed by atoms with Crippen LogP contribution < -0.4 is 5.32 Å².